The lowest BCUT2D eigenvalue weighted by Crippen LogP contribution is -2.26. The molecule has 29 heavy (non-hydrogen) atoms. The molecule has 3 aromatic rings. The van der Waals surface area contributed by atoms with Gasteiger partial charge in [0, 0.05) is 12.5 Å². The van der Waals surface area contributed by atoms with Gasteiger partial charge in [-0.25, -0.2) is 4.79 Å². The minimum atomic E-state index is -0.917. The SMILES string of the molecule is CC(C)(O)c1cccc(CNC(=O)OCC2c3ccccc3-c3ccccc32)c1. The van der Waals surface area contributed by atoms with Gasteiger partial charge in [0.2, 0.25) is 0 Å². The highest BCUT2D eigenvalue weighted by atomic mass is 16.5. The summed E-state index contributed by atoms with van der Waals surface area (Å²) in [5.74, 6) is 0.0478. The largest absolute Gasteiger partial charge is 0.449 e. The van der Waals surface area contributed by atoms with Crippen LogP contribution in [0.1, 0.15) is 42.0 Å². The van der Waals surface area contributed by atoms with E-state index >= 15 is 0 Å². The van der Waals surface area contributed by atoms with E-state index in [1.54, 1.807) is 13.8 Å². The lowest BCUT2D eigenvalue weighted by Gasteiger charge is -2.18. The molecule has 4 heteroatoms. The van der Waals surface area contributed by atoms with Crippen molar-refractivity contribution in [1.29, 1.82) is 0 Å². The van der Waals surface area contributed by atoms with Crippen LogP contribution in [0.3, 0.4) is 0 Å². The minimum absolute atomic E-state index is 0.0478. The summed E-state index contributed by atoms with van der Waals surface area (Å²) in [6.07, 6.45) is -0.444. The number of fused-ring (bicyclic) bond motifs is 3. The number of carbonyl (C=O) groups is 1. The summed E-state index contributed by atoms with van der Waals surface area (Å²) in [4.78, 5) is 12.3. The molecule has 148 valence electrons. The Bertz CT molecular complexity index is 990. The maximum atomic E-state index is 12.3. The van der Waals surface area contributed by atoms with Crippen LogP contribution in [0.4, 0.5) is 4.79 Å². The van der Waals surface area contributed by atoms with Crippen LogP contribution in [0, 0.1) is 0 Å². The van der Waals surface area contributed by atoms with Crippen LogP contribution in [0.2, 0.25) is 0 Å². The van der Waals surface area contributed by atoms with Gasteiger partial charge < -0.3 is 15.2 Å². The van der Waals surface area contributed by atoms with E-state index < -0.39 is 11.7 Å². The molecule has 1 aliphatic carbocycles. The molecule has 0 radical (unpaired) electrons. The number of nitrogens with one attached hydrogen (secondary N) is 1. The van der Waals surface area contributed by atoms with Gasteiger partial charge in [0.05, 0.1) is 5.60 Å². The average Bonchev–Trinajstić information content (AvgIpc) is 3.04. The number of carbonyl (C=O) groups excluding carboxylic acids is 1. The first-order chi connectivity index (χ1) is 13.9. The van der Waals surface area contributed by atoms with E-state index in [2.05, 4.69) is 29.6 Å². The van der Waals surface area contributed by atoms with Crippen molar-refractivity contribution < 1.29 is 14.6 Å². The topological polar surface area (TPSA) is 58.6 Å². The van der Waals surface area contributed by atoms with E-state index in [1.807, 2.05) is 48.5 Å². The third-order valence-electron chi connectivity index (χ3n) is 5.41. The van der Waals surface area contributed by atoms with E-state index in [0.29, 0.717) is 13.2 Å². The lowest BCUT2D eigenvalue weighted by atomic mass is 9.96. The van der Waals surface area contributed by atoms with Crippen LogP contribution >= 0.6 is 0 Å². The molecule has 0 unspecified atom stereocenters. The molecule has 4 rings (SSSR count). The van der Waals surface area contributed by atoms with Gasteiger partial charge in [0.15, 0.2) is 0 Å². The molecule has 0 saturated carbocycles. The van der Waals surface area contributed by atoms with E-state index in [9.17, 15) is 9.90 Å². The van der Waals surface area contributed by atoms with Gasteiger partial charge in [-0.2, -0.15) is 0 Å². The number of rotatable bonds is 5. The fourth-order valence-corrected chi connectivity index (χ4v) is 3.89. The van der Waals surface area contributed by atoms with Crippen molar-refractivity contribution in [2.24, 2.45) is 0 Å². The van der Waals surface area contributed by atoms with Gasteiger partial charge in [-0.3, -0.25) is 0 Å². The molecule has 0 atom stereocenters. The second-order valence-corrected chi connectivity index (χ2v) is 7.94. The van der Waals surface area contributed by atoms with Gasteiger partial charge in [0.25, 0.3) is 0 Å². The number of benzene rings is 3. The Balaban J connectivity index is 1.40. The predicted molar refractivity (Wildman–Crippen MR) is 114 cm³/mol. The fraction of sp³-hybridized carbons (Fsp3) is 0.240. The fourth-order valence-electron chi connectivity index (χ4n) is 3.89. The Morgan fingerprint density at radius 1 is 0.966 bits per heavy atom. The molecule has 0 aromatic heterocycles. The summed E-state index contributed by atoms with van der Waals surface area (Å²) in [5.41, 5.74) is 5.61. The highest BCUT2D eigenvalue weighted by Crippen LogP contribution is 2.44. The van der Waals surface area contributed by atoms with Crippen molar-refractivity contribution in [3.63, 3.8) is 0 Å². The zero-order valence-corrected chi connectivity index (χ0v) is 16.7. The molecule has 0 bridgehead atoms. The molecule has 0 heterocycles. The standard InChI is InChI=1S/C25H25NO3/c1-25(2,28)18-9-7-8-17(14-18)15-26-24(27)29-16-23-21-12-5-3-10-19(21)20-11-4-6-13-22(20)23/h3-14,23,28H,15-16H2,1-2H3,(H,26,27). The number of hydrogen-bond donors (Lipinski definition) is 2. The summed E-state index contributed by atoms with van der Waals surface area (Å²) in [7, 11) is 0. The lowest BCUT2D eigenvalue weighted by molar-refractivity contribution is 0.0785. The number of alkyl carbamates (subject to hydrolysis) is 1. The zero-order chi connectivity index (χ0) is 20.4. The highest BCUT2D eigenvalue weighted by Gasteiger charge is 2.28. The highest BCUT2D eigenvalue weighted by molar-refractivity contribution is 5.79. The Kier molecular flexibility index (Phi) is 5.12. The smallest absolute Gasteiger partial charge is 0.407 e. The van der Waals surface area contributed by atoms with Crippen LogP contribution in [-0.2, 0) is 16.9 Å². The van der Waals surface area contributed by atoms with Crippen LogP contribution in [0.5, 0.6) is 0 Å². The molecule has 4 nitrogen and oxygen atoms in total. The summed E-state index contributed by atoms with van der Waals surface area (Å²) in [5, 5.41) is 13.0. The van der Waals surface area contributed by atoms with E-state index in [4.69, 9.17) is 4.74 Å². The first-order valence-corrected chi connectivity index (χ1v) is 9.84. The van der Waals surface area contributed by atoms with E-state index in [0.717, 1.165) is 11.1 Å². The molecule has 2 N–H and O–H groups in total. The van der Waals surface area contributed by atoms with Crippen molar-refractivity contribution in [2.75, 3.05) is 6.61 Å². The number of aliphatic hydroxyl groups is 1. The van der Waals surface area contributed by atoms with Gasteiger partial charge >= 0.3 is 6.09 Å². The molecule has 3 aromatic carbocycles. The Hall–Kier alpha value is -3.11. The van der Waals surface area contributed by atoms with Crippen molar-refractivity contribution >= 4 is 6.09 Å². The third-order valence-corrected chi connectivity index (χ3v) is 5.41. The zero-order valence-electron chi connectivity index (χ0n) is 16.7. The second-order valence-electron chi connectivity index (χ2n) is 7.94. The van der Waals surface area contributed by atoms with Gasteiger partial charge in [-0.1, -0.05) is 72.8 Å². The Morgan fingerprint density at radius 3 is 2.21 bits per heavy atom. The summed E-state index contributed by atoms with van der Waals surface area (Å²) >= 11 is 0. The molecule has 0 saturated heterocycles. The van der Waals surface area contributed by atoms with Crippen molar-refractivity contribution in [2.45, 2.75) is 31.9 Å². The molecular weight excluding hydrogens is 362 g/mol. The van der Waals surface area contributed by atoms with Crippen molar-refractivity contribution in [3.05, 3.63) is 95.1 Å². The number of ether oxygens (including phenoxy) is 1. The summed E-state index contributed by atoms with van der Waals surface area (Å²) in [6, 6.07) is 24.1. The van der Waals surface area contributed by atoms with Crippen LogP contribution in [0.15, 0.2) is 72.8 Å². The van der Waals surface area contributed by atoms with Crippen LogP contribution in [0.25, 0.3) is 11.1 Å². The first-order valence-electron chi connectivity index (χ1n) is 9.84. The summed E-state index contributed by atoms with van der Waals surface area (Å²) < 4.78 is 5.56. The summed E-state index contributed by atoms with van der Waals surface area (Å²) in [6.45, 7) is 4.13. The van der Waals surface area contributed by atoms with E-state index in [1.165, 1.54) is 22.3 Å². The molecular formula is C25H25NO3. The Labute approximate surface area is 171 Å². The second kappa shape index (κ2) is 7.72. The van der Waals surface area contributed by atoms with Crippen LogP contribution < -0.4 is 5.32 Å². The van der Waals surface area contributed by atoms with Crippen molar-refractivity contribution in [3.8, 4) is 11.1 Å². The van der Waals surface area contributed by atoms with Gasteiger partial charge in [-0.05, 0) is 47.2 Å². The minimum Gasteiger partial charge on any atom is -0.449 e. The molecule has 0 spiro atoms. The molecule has 1 aliphatic rings. The van der Waals surface area contributed by atoms with Crippen molar-refractivity contribution in [1.82, 2.24) is 5.32 Å². The number of amides is 1. The quantitative estimate of drug-likeness (QED) is 0.651. The number of hydrogen-bond acceptors (Lipinski definition) is 3. The Morgan fingerprint density at radius 2 is 1.59 bits per heavy atom. The van der Waals surface area contributed by atoms with Gasteiger partial charge in [-0.15, -0.1) is 0 Å². The molecule has 0 fully saturated rings. The predicted octanol–water partition coefficient (Wildman–Crippen LogP) is 4.95. The molecule has 1 amide bonds. The van der Waals surface area contributed by atoms with Gasteiger partial charge in [0.1, 0.15) is 6.61 Å². The normalized spacial score (nSPS) is 12.9. The maximum absolute atomic E-state index is 12.3. The maximum Gasteiger partial charge on any atom is 0.407 e. The molecule has 0 aliphatic heterocycles. The monoisotopic (exact) mass is 387 g/mol. The van der Waals surface area contributed by atoms with E-state index in [-0.39, 0.29) is 5.92 Å². The first kappa shape index (κ1) is 19.2. The van der Waals surface area contributed by atoms with Crippen LogP contribution in [-0.4, -0.2) is 17.8 Å². The third kappa shape index (κ3) is 4.03. The average molecular weight is 387 g/mol.